The van der Waals surface area contributed by atoms with Crippen LogP contribution in [0.3, 0.4) is 0 Å². The summed E-state index contributed by atoms with van der Waals surface area (Å²) >= 11 is 12.2. The molecule has 0 bridgehead atoms. The van der Waals surface area contributed by atoms with E-state index in [0.717, 1.165) is 0 Å². The Morgan fingerprint density at radius 1 is 0.727 bits per heavy atom. The molecule has 2 unspecified atom stereocenters. The molecule has 0 radical (unpaired) electrons. The van der Waals surface area contributed by atoms with E-state index in [1.807, 2.05) is 0 Å². The van der Waals surface area contributed by atoms with Gasteiger partial charge in [-0.3, -0.25) is 0 Å². The highest BCUT2D eigenvalue weighted by atomic mass is 35.5. The molecular weight excluding hydrogens is 319 g/mol. The van der Waals surface area contributed by atoms with Crippen LogP contribution in [0.25, 0.3) is 0 Å². The van der Waals surface area contributed by atoms with Gasteiger partial charge in [-0.25, -0.2) is 0 Å². The molecule has 4 heteroatoms. The number of hydrogen-bond acceptors (Lipinski definition) is 2. The van der Waals surface area contributed by atoms with Gasteiger partial charge in [0, 0.05) is 21.2 Å². The van der Waals surface area contributed by atoms with Crippen molar-refractivity contribution in [2.24, 2.45) is 0 Å². The Bertz CT molecular complexity index is 678. The van der Waals surface area contributed by atoms with Gasteiger partial charge >= 0.3 is 0 Å². The minimum absolute atomic E-state index is 0.416. The van der Waals surface area contributed by atoms with Crippen LogP contribution in [0.4, 0.5) is 0 Å². The average Bonchev–Trinajstić information content (AvgIpc) is 2.46. The second kappa shape index (κ2) is 6.32. The van der Waals surface area contributed by atoms with Gasteiger partial charge in [0.05, 0.1) is 0 Å². The van der Waals surface area contributed by atoms with Gasteiger partial charge in [-0.2, -0.15) is 0 Å². The molecule has 0 spiro atoms. The summed E-state index contributed by atoms with van der Waals surface area (Å²) in [6, 6.07) is 13.8. The molecule has 114 valence electrons. The molecule has 0 aliphatic rings. The van der Waals surface area contributed by atoms with Crippen molar-refractivity contribution in [1.29, 1.82) is 0 Å². The fourth-order valence-corrected chi connectivity index (χ4v) is 2.73. The summed E-state index contributed by atoms with van der Waals surface area (Å²) in [5.74, 6) is 5.39. The first kappa shape index (κ1) is 16.9. The fraction of sp³-hybridized carbons (Fsp3) is 0.222. The molecule has 2 N–H and O–H groups in total. The van der Waals surface area contributed by atoms with Crippen LogP contribution in [0, 0.1) is 11.8 Å². The van der Waals surface area contributed by atoms with Crippen LogP contribution >= 0.6 is 23.2 Å². The van der Waals surface area contributed by atoms with E-state index in [9.17, 15) is 10.2 Å². The number of rotatable bonds is 2. The molecule has 0 amide bonds. The Morgan fingerprint density at radius 3 is 1.36 bits per heavy atom. The first-order valence-electron chi connectivity index (χ1n) is 6.73. The minimum atomic E-state index is -1.48. The zero-order chi connectivity index (χ0) is 16.4. The van der Waals surface area contributed by atoms with E-state index < -0.39 is 11.2 Å². The molecule has 2 aromatic carbocycles. The van der Waals surface area contributed by atoms with E-state index in [0.29, 0.717) is 21.2 Å². The third-order valence-electron chi connectivity index (χ3n) is 3.35. The molecule has 0 saturated carbocycles. The van der Waals surface area contributed by atoms with Crippen molar-refractivity contribution < 1.29 is 10.2 Å². The van der Waals surface area contributed by atoms with Gasteiger partial charge in [-0.1, -0.05) is 71.4 Å². The maximum atomic E-state index is 10.5. The first-order valence-corrected chi connectivity index (χ1v) is 7.49. The lowest BCUT2D eigenvalue weighted by Gasteiger charge is -2.22. The van der Waals surface area contributed by atoms with Crippen molar-refractivity contribution in [3.05, 3.63) is 69.7 Å². The van der Waals surface area contributed by atoms with Crippen LogP contribution in [0.5, 0.6) is 0 Å². The highest BCUT2D eigenvalue weighted by Crippen LogP contribution is 2.30. The van der Waals surface area contributed by atoms with Crippen molar-refractivity contribution in [3.8, 4) is 11.8 Å². The zero-order valence-electron chi connectivity index (χ0n) is 12.3. The number of aliphatic hydroxyl groups is 2. The van der Waals surface area contributed by atoms with E-state index in [-0.39, 0.29) is 0 Å². The maximum Gasteiger partial charge on any atom is 0.149 e. The predicted octanol–water partition coefficient (Wildman–Crippen LogP) is 4.11. The third-order valence-corrected chi connectivity index (χ3v) is 4.01. The molecule has 0 fully saturated rings. The van der Waals surface area contributed by atoms with Crippen LogP contribution in [0.2, 0.25) is 10.0 Å². The third kappa shape index (κ3) is 3.63. The fourth-order valence-electron chi connectivity index (χ4n) is 2.09. The molecule has 2 atom stereocenters. The van der Waals surface area contributed by atoms with Crippen molar-refractivity contribution in [3.63, 3.8) is 0 Å². The second-order valence-corrected chi connectivity index (χ2v) is 6.17. The lowest BCUT2D eigenvalue weighted by atomic mass is 9.92. The Labute approximate surface area is 140 Å². The largest absolute Gasteiger partial charge is 0.374 e. The van der Waals surface area contributed by atoms with E-state index in [1.165, 1.54) is 13.8 Å². The lowest BCUT2D eigenvalue weighted by Crippen LogP contribution is -2.23. The van der Waals surface area contributed by atoms with Crippen molar-refractivity contribution in [2.45, 2.75) is 25.0 Å². The number of hydrogen-bond donors (Lipinski definition) is 2. The summed E-state index contributed by atoms with van der Waals surface area (Å²) < 4.78 is 0. The Morgan fingerprint density at radius 2 is 1.05 bits per heavy atom. The summed E-state index contributed by atoms with van der Waals surface area (Å²) in [4.78, 5) is 0. The van der Waals surface area contributed by atoms with Gasteiger partial charge in [-0.05, 0) is 26.0 Å². The molecule has 0 saturated heterocycles. The predicted molar refractivity (Wildman–Crippen MR) is 89.8 cm³/mol. The minimum Gasteiger partial charge on any atom is -0.374 e. The normalized spacial score (nSPS) is 16.1. The topological polar surface area (TPSA) is 40.5 Å². The Hall–Kier alpha value is -1.50. The molecule has 0 aliphatic heterocycles. The monoisotopic (exact) mass is 334 g/mol. The van der Waals surface area contributed by atoms with Gasteiger partial charge in [0.1, 0.15) is 11.2 Å². The summed E-state index contributed by atoms with van der Waals surface area (Å²) in [7, 11) is 0. The van der Waals surface area contributed by atoms with E-state index >= 15 is 0 Å². The molecular formula is C18H16Cl2O2. The van der Waals surface area contributed by atoms with Gasteiger partial charge < -0.3 is 10.2 Å². The number of halogens is 2. The highest BCUT2D eigenvalue weighted by Gasteiger charge is 2.27. The van der Waals surface area contributed by atoms with Crippen molar-refractivity contribution in [1.82, 2.24) is 0 Å². The molecule has 0 aliphatic carbocycles. The molecule has 22 heavy (non-hydrogen) atoms. The molecule has 2 nitrogen and oxygen atoms in total. The quantitative estimate of drug-likeness (QED) is 0.811. The highest BCUT2D eigenvalue weighted by molar-refractivity contribution is 6.31. The standard InChI is InChI=1S/C18H16Cl2O2/c1-17(21,13-7-3-5-9-15(13)19)11-12-18(2,22)14-8-4-6-10-16(14)20/h3-10,21-22H,1-2H3. The SMILES string of the molecule is CC(O)(C#CC(C)(O)c1ccccc1Cl)c1ccccc1Cl. The van der Waals surface area contributed by atoms with E-state index in [4.69, 9.17) is 23.2 Å². The lowest BCUT2D eigenvalue weighted by molar-refractivity contribution is 0.110. The van der Waals surface area contributed by atoms with Crippen molar-refractivity contribution >= 4 is 23.2 Å². The maximum absolute atomic E-state index is 10.5. The van der Waals surface area contributed by atoms with E-state index in [2.05, 4.69) is 11.8 Å². The summed E-state index contributed by atoms with van der Waals surface area (Å²) in [6.07, 6.45) is 0. The van der Waals surface area contributed by atoms with Crippen LogP contribution in [-0.4, -0.2) is 10.2 Å². The molecule has 0 aromatic heterocycles. The summed E-state index contributed by atoms with van der Waals surface area (Å²) in [5.41, 5.74) is -1.99. The van der Waals surface area contributed by atoms with Gasteiger partial charge in [-0.15, -0.1) is 0 Å². The smallest absolute Gasteiger partial charge is 0.149 e. The Balaban J connectivity index is 2.40. The average molecular weight is 335 g/mol. The molecule has 0 heterocycles. The summed E-state index contributed by atoms with van der Waals surface area (Å²) in [6.45, 7) is 3.06. The summed E-state index contributed by atoms with van der Waals surface area (Å²) in [5, 5.41) is 21.9. The molecule has 2 rings (SSSR count). The molecule has 2 aromatic rings. The first-order chi connectivity index (χ1) is 10.2. The van der Waals surface area contributed by atoms with Crippen molar-refractivity contribution in [2.75, 3.05) is 0 Å². The van der Waals surface area contributed by atoms with Gasteiger partial charge in [0.2, 0.25) is 0 Å². The van der Waals surface area contributed by atoms with E-state index in [1.54, 1.807) is 48.5 Å². The van der Waals surface area contributed by atoms with Crippen LogP contribution in [0.1, 0.15) is 25.0 Å². The van der Waals surface area contributed by atoms with Crippen LogP contribution in [-0.2, 0) is 11.2 Å². The van der Waals surface area contributed by atoms with Crippen LogP contribution < -0.4 is 0 Å². The van der Waals surface area contributed by atoms with Gasteiger partial charge in [0.15, 0.2) is 0 Å². The van der Waals surface area contributed by atoms with Gasteiger partial charge in [0.25, 0.3) is 0 Å². The second-order valence-electron chi connectivity index (χ2n) is 5.35. The Kier molecular flexibility index (Phi) is 4.84. The van der Waals surface area contributed by atoms with Crippen LogP contribution in [0.15, 0.2) is 48.5 Å². The number of benzene rings is 2. The zero-order valence-corrected chi connectivity index (χ0v) is 13.8.